The van der Waals surface area contributed by atoms with E-state index >= 15 is 0 Å². The van der Waals surface area contributed by atoms with Gasteiger partial charge in [0.25, 0.3) is 0 Å². The fourth-order valence-corrected chi connectivity index (χ4v) is 5.72. The Hall–Kier alpha value is -2.53. The summed E-state index contributed by atoms with van der Waals surface area (Å²) in [5.41, 5.74) is 4.89. The summed E-state index contributed by atoms with van der Waals surface area (Å²) >= 11 is 11.0. The predicted molar refractivity (Wildman–Crippen MR) is 145 cm³/mol. The average Bonchev–Trinajstić information content (AvgIpc) is 3.18. The minimum Gasteiger partial charge on any atom is -0.347 e. The molecule has 7 nitrogen and oxygen atoms in total. The maximum Gasteiger partial charge on any atom is 0.243 e. The Kier molecular flexibility index (Phi) is 9.23. The van der Waals surface area contributed by atoms with Gasteiger partial charge < -0.3 is 9.88 Å². The molecule has 0 saturated carbocycles. The van der Waals surface area contributed by atoms with Crippen LogP contribution in [0.1, 0.15) is 39.2 Å². The second-order valence-corrected chi connectivity index (χ2v) is 10.7. The molecule has 35 heavy (non-hydrogen) atoms. The number of hydrogen-bond acceptors (Lipinski definition) is 4. The zero-order chi connectivity index (χ0) is 25.6. The van der Waals surface area contributed by atoms with Gasteiger partial charge in [-0.1, -0.05) is 25.4 Å². The van der Waals surface area contributed by atoms with Crippen molar-refractivity contribution >= 4 is 61.8 Å². The number of benzene rings is 2. The first-order valence-corrected chi connectivity index (χ1v) is 13.6. The van der Waals surface area contributed by atoms with E-state index < -0.39 is 15.8 Å². The highest BCUT2D eigenvalue weighted by Crippen LogP contribution is 2.26. The lowest BCUT2D eigenvalue weighted by atomic mass is 10.2. The maximum absolute atomic E-state index is 13.3. The summed E-state index contributed by atoms with van der Waals surface area (Å²) < 4.78 is 43.5. The lowest BCUT2D eigenvalue weighted by Gasteiger charge is -2.21. The number of fused-ring (bicyclic) bond motifs is 1. The molecular formula is C24H29ClFN5O2S2. The summed E-state index contributed by atoms with van der Waals surface area (Å²) in [7, 11) is -3.61. The van der Waals surface area contributed by atoms with Crippen LogP contribution in [0.2, 0.25) is 5.02 Å². The van der Waals surface area contributed by atoms with Gasteiger partial charge in [-0.2, -0.15) is 9.41 Å². The summed E-state index contributed by atoms with van der Waals surface area (Å²) in [5.74, 6) is -0.518. The van der Waals surface area contributed by atoms with E-state index in [9.17, 15) is 12.8 Å². The molecule has 3 aromatic rings. The SMILES string of the molecule is CCCN(CCC)S(=O)(=O)c1ccc2c(c1)c(C=NNC(=S)Nc1ccc(F)c(Cl)c1)cn2CC. The normalized spacial score (nSPS) is 12.1. The highest BCUT2D eigenvalue weighted by atomic mass is 35.5. The number of halogens is 2. The van der Waals surface area contributed by atoms with Gasteiger partial charge in [0.2, 0.25) is 10.0 Å². The number of nitrogens with one attached hydrogen (secondary N) is 2. The molecule has 3 rings (SSSR count). The summed E-state index contributed by atoms with van der Waals surface area (Å²) in [6.45, 7) is 7.62. The van der Waals surface area contributed by atoms with Crippen LogP contribution in [-0.4, -0.2) is 41.7 Å². The monoisotopic (exact) mass is 537 g/mol. The van der Waals surface area contributed by atoms with Crippen molar-refractivity contribution < 1.29 is 12.8 Å². The topological polar surface area (TPSA) is 78.7 Å². The molecule has 0 amide bonds. The number of hydrogen-bond donors (Lipinski definition) is 2. The molecule has 2 N–H and O–H groups in total. The van der Waals surface area contributed by atoms with E-state index in [2.05, 4.69) is 15.8 Å². The van der Waals surface area contributed by atoms with E-state index in [4.69, 9.17) is 23.8 Å². The van der Waals surface area contributed by atoms with Crippen molar-refractivity contribution in [2.45, 2.75) is 45.1 Å². The van der Waals surface area contributed by atoms with Gasteiger partial charge in [0, 0.05) is 48.0 Å². The van der Waals surface area contributed by atoms with Crippen LogP contribution in [0.4, 0.5) is 10.1 Å². The molecule has 0 aliphatic carbocycles. The van der Waals surface area contributed by atoms with Crippen molar-refractivity contribution in [3.63, 3.8) is 0 Å². The van der Waals surface area contributed by atoms with E-state index in [1.807, 2.05) is 37.6 Å². The van der Waals surface area contributed by atoms with Crippen molar-refractivity contribution in [2.24, 2.45) is 5.10 Å². The minimum absolute atomic E-state index is 0.0177. The molecule has 11 heteroatoms. The number of sulfonamides is 1. The first-order chi connectivity index (χ1) is 16.7. The molecule has 0 saturated heterocycles. The van der Waals surface area contributed by atoms with Gasteiger partial charge in [-0.3, -0.25) is 5.43 Å². The molecule has 1 heterocycles. The number of rotatable bonds is 10. The third-order valence-electron chi connectivity index (χ3n) is 5.36. The fourth-order valence-electron chi connectivity index (χ4n) is 3.72. The molecule has 1 aromatic heterocycles. The zero-order valence-corrected chi connectivity index (χ0v) is 22.3. The Morgan fingerprint density at radius 1 is 1.17 bits per heavy atom. The second kappa shape index (κ2) is 11.9. The quantitative estimate of drug-likeness (QED) is 0.200. The van der Waals surface area contributed by atoms with Crippen molar-refractivity contribution in [3.05, 3.63) is 59.0 Å². The van der Waals surface area contributed by atoms with Crippen LogP contribution >= 0.6 is 23.8 Å². The molecule has 0 aliphatic heterocycles. The molecule has 0 bridgehead atoms. The molecular weight excluding hydrogens is 509 g/mol. The first kappa shape index (κ1) is 27.1. The Balaban J connectivity index is 1.85. The zero-order valence-electron chi connectivity index (χ0n) is 19.9. The molecule has 0 fully saturated rings. The van der Waals surface area contributed by atoms with Gasteiger partial charge >= 0.3 is 0 Å². The van der Waals surface area contributed by atoms with Gasteiger partial charge in [0.1, 0.15) is 5.82 Å². The largest absolute Gasteiger partial charge is 0.347 e. The summed E-state index contributed by atoms with van der Waals surface area (Å²) in [4.78, 5) is 0.258. The van der Waals surface area contributed by atoms with Crippen LogP contribution in [0.5, 0.6) is 0 Å². The number of hydrazone groups is 1. The van der Waals surface area contributed by atoms with Gasteiger partial charge in [0.05, 0.1) is 16.1 Å². The number of anilines is 1. The van der Waals surface area contributed by atoms with Crippen LogP contribution in [0.25, 0.3) is 10.9 Å². The Bertz CT molecular complexity index is 1340. The van der Waals surface area contributed by atoms with E-state index in [-0.39, 0.29) is 15.0 Å². The van der Waals surface area contributed by atoms with E-state index in [1.165, 1.54) is 22.5 Å². The van der Waals surface area contributed by atoms with Crippen LogP contribution < -0.4 is 10.7 Å². The van der Waals surface area contributed by atoms with E-state index in [0.717, 1.165) is 29.3 Å². The first-order valence-electron chi connectivity index (χ1n) is 11.4. The van der Waals surface area contributed by atoms with Crippen molar-refractivity contribution in [2.75, 3.05) is 18.4 Å². The molecule has 0 atom stereocenters. The van der Waals surface area contributed by atoms with Gasteiger partial charge in [-0.15, -0.1) is 0 Å². The van der Waals surface area contributed by atoms with Crippen LogP contribution in [0.3, 0.4) is 0 Å². The second-order valence-electron chi connectivity index (χ2n) is 7.91. The van der Waals surface area contributed by atoms with Gasteiger partial charge in [0.15, 0.2) is 5.11 Å². The molecule has 0 radical (unpaired) electrons. The van der Waals surface area contributed by atoms with Crippen molar-refractivity contribution in [1.82, 2.24) is 14.3 Å². The maximum atomic E-state index is 13.3. The van der Waals surface area contributed by atoms with E-state index in [1.54, 1.807) is 18.3 Å². The highest BCUT2D eigenvalue weighted by molar-refractivity contribution is 7.89. The van der Waals surface area contributed by atoms with Crippen LogP contribution in [0.15, 0.2) is 52.6 Å². The summed E-state index contributed by atoms with van der Waals surface area (Å²) in [6, 6.07) is 9.37. The molecule has 188 valence electrons. The smallest absolute Gasteiger partial charge is 0.243 e. The fraction of sp³-hybridized carbons (Fsp3) is 0.333. The number of aromatic nitrogens is 1. The highest BCUT2D eigenvalue weighted by Gasteiger charge is 2.24. The number of nitrogens with zero attached hydrogens (tertiary/aromatic N) is 3. The van der Waals surface area contributed by atoms with Crippen molar-refractivity contribution in [3.8, 4) is 0 Å². The third kappa shape index (κ3) is 6.38. The summed E-state index contributed by atoms with van der Waals surface area (Å²) in [5, 5.41) is 8.03. The molecule has 2 aromatic carbocycles. The van der Waals surface area contributed by atoms with Gasteiger partial charge in [-0.05, 0) is 68.4 Å². The van der Waals surface area contributed by atoms with Crippen molar-refractivity contribution in [1.29, 1.82) is 0 Å². The summed E-state index contributed by atoms with van der Waals surface area (Å²) in [6.07, 6.45) is 5.00. The van der Waals surface area contributed by atoms with E-state index in [0.29, 0.717) is 25.3 Å². The predicted octanol–water partition coefficient (Wildman–Crippen LogP) is 5.58. The number of aryl methyl sites for hydroxylation is 1. The number of thiocarbonyl (C=S) groups is 1. The van der Waals surface area contributed by atoms with Crippen LogP contribution in [-0.2, 0) is 16.6 Å². The Morgan fingerprint density at radius 3 is 2.51 bits per heavy atom. The average molecular weight is 538 g/mol. The standard InChI is InChI=1S/C24H29ClFN5O2S2/c1-4-11-31(12-5-2)35(32,33)19-8-10-23-20(14-19)17(16-30(23)6-3)15-27-29-24(34)28-18-7-9-22(26)21(25)13-18/h7-10,13-16H,4-6,11-12H2,1-3H3,(H2,28,29,34). The Labute approximate surface area is 216 Å². The van der Waals surface area contributed by atoms with Crippen LogP contribution in [0, 0.1) is 5.82 Å². The molecule has 0 unspecified atom stereocenters. The lowest BCUT2D eigenvalue weighted by molar-refractivity contribution is 0.410. The third-order valence-corrected chi connectivity index (χ3v) is 7.73. The lowest BCUT2D eigenvalue weighted by Crippen LogP contribution is -2.32. The van der Waals surface area contributed by atoms with Gasteiger partial charge in [-0.25, -0.2) is 12.8 Å². The minimum atomic E-state index is -3.61. The Morgan fingerprint density at radius 2 is 1.89 bits per heavy atom. The molecule has 0 aliphatic rings. The molecule has 0 spiro atoms.